The molecule has 0 aromatic heterocycles. The van der Waals surface area contributed by atoms with E-state index in [1.165, 1.54) is 6.07 Å². The third-order valence-electron chi connectivity index (χ3n) is 4.69. The first-order valence-electron chi connectivity index (χ1n) is 9.70. The summed E-state index contributed by atoms with van der Waals surface area (Å²) in [6, 6.07) is 20.2. The van der Waals surface area contributed by atoms with Crippen LogP contribution in [0.5, 0.6) is 5.75 Å². The van der Waals surface area contributed by atoms with E-state index in [1.807, 2.05) is 48.5 Å². The summed E-state index contributed by atoms with van der Waals surface area (Å²) in [6.45, 7) is 1.12. The number of carbonyl (C=O) groups excluding carboxylic acids is 1. The predicted molar refractivity (Wildman–Crippen MR) is 119 cm³/mol. The number of amides is 1. The number of benzene rings is 3. The minimum absolute atomic E-state index is 0.00910. The molecule has 3 aromatic rings. The maximum Gasteiger partial charge on any atom is 0.224 e. The smallest absolute Gasteiger partial charge is 0.224 e. The van der Waals surface area contributed by atoms with Crippen molar-refractivity contribution in [1.29, 1.82) is 0 Å². The van der Waals surface area contributed by atoms with Crippen molar-refractivity contribution < 1.29 is 13.9 Å². The Kier molecular flexibility index (Phi) is 7.69. The van der Waals surface area contributed by atoms with Crippen LogP contribution in [0.25, 0.3) is 0 Å². The van der Waals surface area contributed by atoms with Gasteiger partial charge in [0.05, 0.1) is 18.6 Å². The number of rotatable bonds is 9. The second-order valence-corrected chi connectivity index (χ2v) is 7.33. The van der Waals surface area contributed by atoms with Crippen LogP contribution in [0.2, 0.25) is 5.02 Å². The first kappa shape index (κ1) is 21.7. The van der Waals surface area contributed by atoms with Crippen LogP contribution >= 0.6 is 11.6 Å². The molecule has 0 bridgehead atoms. The molecule has 0 radical (unpaired) electrons. The number of ether oxygens (including phenoxy) is 1. The molecule has 0 spiro atoms. The lowest BCUT2D eigenvalue weighted by Crippen LogP contribution is -2.27. The average Bonchev–Trinajstić information content (AvgIpc) is 2.76. The van der Waals surface area contributed by atoms with Gasteiger partial charge in [0, 0.05) is 18.8 Å². The van der Waals surface area contributed by atoms with E-state index < -0.39 is 5.82 Å². The lowest BCUT2D eigenvalue weighted by Gasteiger charge is -2.09. The molecule has 0 saturated heterocycles. The summed E-state index contributed by atoms with van der Waals surface area (Å²) in [5.74, 6) is 0.388. The normalized spacial score (nSPS) is 10.5. The van der Waals surface area contributed by atoms with Crippen molar-refractivity contribution in [3.63, 3.8) is 0 Å². The molecular weight excluding hydrogens is 403 g/mol. The number of methoxy groups -OCH3 is 1. The fourth-order valence-electron chi connectivity index (χ4n) is 2.98. The van der Waals surface area contributed by atoms with Crippen LogP contribution in [0.1, 0.15) is 16.7 Å². The third kappa shape index (κ3) is 6.49. The topological polar surface area (TPSA) is 50.4 Å². The number of anilines is 1. The van der Waals surface area contributed by atoms with Crippen molar-refractivity contribution in [3.8, 4) is 5.75 Å². The first-order valence-corrected chi connectivity index (χ1v) is 10.1. The molecule has 156 valence electrons. The highest BCUT2D eigenvalue weighted by molar-refractivity contribution is 6.30. The van der Waals surface area contributed by atoms with E-state index in [0.717, 1.165) is 34.5 Å². The molecule has 2 N–H and O–H groups in total. The Balaban J connectivity index is 1.41. The van der Waals surface area contributed by atoms with Gasteiger partial charge >= 0.3 is 0 Å². The Bertz CT molecular complexity index is 976. The quantitative estimate of drug-likeness (QED) is 0.506. The van der Waals surface area contributed by atoms with Gasteiger partial charge in [0.15, 0.2) is 0 Å². The largest absolute Gasteiger partial charge is 0.497 e. The van der Waals surface area contributed by atoms with E-state index in [2.05, 4.69) is 10.6 Å². The van der Waals surface area contributed by atoms with Gasteiger partial charge in [0.2, 0.25) is 5.91 Å². The van der Waals surface area contributed by atoms with Crippen molar-refractivity contribution in [2.24, 2.45) is 0 Å². The zero-order valence-corrected chi connectivity index (χ0v) is 17.5. The molecular formula is C24H24ClFN2O2. The molecule has 30 heavy (non-hydrogen) atoms. The first-order chi connectivity index (χ1) is 14.5. The minimum Gasteiger partial charge on any atom is -0.497 e. The molecule has 0 aliphatic carbocycles. The number of nitrogens with one attached hydrogen (secondary N) is 2. The Morgan fingerprint density at radius 2 is 1.63 bits per heavy atom. The van der Waals surface area contributed by atoms with Gasteiger partial charge in [0.1, 0.15) is 11.6 Å². The van der Waals surface area contributed by atoms with Crippen LogP contribution in [-0.2, 0) is 24.2 Å². The number of hydrogen-bond acceptors (Lipinski definition) is 3. The van der Waals surface area contributed by atoms with Gasteiger partial charge in [0.25, 0.3) is 0 Å². The highest BCUT2D eigenvalue weighted by Gasteiger charge is 2.05. The van der Waals surface area contributed by atoms with Crippen LogP contribution < -0.4 is 15.4 Å². The molecule has 0 atom stereocenters. The molecule has 6 heteroatoms. The molecule has 4 nitrogen and oxygen atoms in total. The van der Waals surface area contributed by atoms with E-state index in [9.17, 15) is 9.18 Å². The molecule has 0 saturated carbocycles. The summed E-state index contributed by atoms with van der Waals surface area (Å²) in [6.07, 6.45) is 1.10. The number of hydrogen-bond donors (Lipinski definition) is 2. The molecule has 0 fully saturated rings. The van der Waals surface area contributed by atoms with E-state index in [4.69, 9.17) is 16.3 Å². The zero-order valence-electron chi connectivity index (χ0n) is 16.8. The zero-order chi connectivity index (χ0) is 21.3. The van der Waals surface area contributed by atoms with Gasteiger partial charge in [-0.2, -0.15) is 0 Å². The van der Waals surface area contributed by atoms with Gasteiger partial charge in [-0.25, -0.2) is 4.39 Å². The van der Waals surface area contributed by atoms with Crippen molar-refractivity contribution in [1.82, 2.24) is 5.32 Å². The Morgan fingerprint density at radius 1 is 0.967 bits per heavy atom. The van der Waals surface area contributed by atoms with Crippen LogP contribution in [0, 0.1) is 5.82 Å². The molecule has 3 rings (SSSR count). The molecule has 1 amide bonds. The number of halogens is 2. The van der Waals surface area contributed by atoms with Gasteiger partial charge < -0.3 is 15.4 Å². The van der Waals surface area contributed by atoms with Gasteiger partial charge in [-0.1, -0.05) is 41.9 Å². The second-order valence-electron chi connectivity index (χ2n) is 6.92. The lowest BCUT2D eigenvalue weighted by atomic mass is 10.1. The fourth-order valence-corrected chi connectivity index (χ4v) is 3.18. The summed E-state index contributed by atoms with van der Waals surface area (Å²) >= 11 is 5.80. The molecule has 0 unspecified atom stereocenters. The van der Waals surface area contributed by atoms with Gasteiger partial charge in [-0.05, 0) is 59.5 Å². The van der Waals surface area contributed by atoms with Crippen LogP contribution in [0.3, 0.4) is 0 Å². The summed E-state index contributed by atoms with van der Waals surface area (Å²) in [4.78, 5) is 12.2. The van der Waals surface area contributed by atoms with Crippen molar-refractivity contribution in [3.05, 3.63) is 94.3 Å². The van der Waals surface area contributed by atoms with E-state index in [1.54, 1.807) is 19.2 Å². The molecule has 0 aliphatic rings. The van der Waals surface area contributed by atoms with E-state index in [0.29, 0.717) is 19.5 Å². The lowest BCUT2D eigenvalue weighted by molar-refractivity contribution is -0.120. The molecule has 3 aromatic carbocycles. The Morgan fingerprint density at radius 3 is 2.30 bits per heavy atom. The second kappa shape index (κ2) is 10.6. The summed E-state index contributed by atoms with van der Waals surface area (Å²) < 4.78 is 18.4. The fraction of sp³-hybridized carbons (Fsp3) is 0.208. The monoisotopic (exact) mass is 426 g/mol. The summed E-state index contributed by atoms with van der Waals surface area (Å²) in [5.41, 5.74) is 3.89. The van der Waals surface area contributed by atoms with Crippen LogP contribution in [0.4, 0.5) is 10.1 Å². The van der Waals surface area contributed by atoms with Crippen molar-refractivity contribution in [2.75, 3.05) is 19.0 Å². The SMILES string of the molecule is COc1ccc(CCNC(=O)Cc2ccc(NCc3ccc(F)c(Cl)c3)cc2)cc1. The average molecular weight is 427 g/mol. The minimum atomic E-state index is -0.424. The van der Waals surface area contributed by atoms with E-state index in [-0.39, 0.29) is 10.9 Å². The Labute approximate surface area is 181 Å². The van der Waals surface area contributed by atoms with E-state index >= 15 is 0 Å². The number of carbonyl (C=O) groups is 1. The highest BCUT2D eigenvalue weighted by Crippen LogP contribution is 2.18. The third-order valence-corrected chi connectivity index (χ3v) is 4.98. The maximum absolute atomic E-state index is 13.2. The molecule has 0 aliphatic heterocycles. The molecule has 0 heterocycles. The highest BCUT2D eigenvalue weighted by atomic mass is 35.5. The standard InChI is InChI=1S/C24H24ClFN2O2/c1-30-21-9-4-17(5-10-21)12-13-27-24(29)15-18-2-7-20(8-3-18)28-16-19-6-11-23(26)22(25)14-19/h2-11,14,28H,12-13,15-16H2,1H3,(H,27,29). The summed E-state index contributed by atoms with van der Waals surface area (Å²) in [5, 5.41) is 6.32. The summed E-state index contributed by atoms with van der Waals surface area (Å²) in [7, 11) is 1.64. The van der Waals surface area contributed by atoms with Crippen molar-refractivity contribution in [2.45, 2.75) is 19.4 Å². The van der Waals surface area contributed by atoms with Crippen molar-refractivity contribution >= 4 is 23.2 Å². The Hall–Kier alpha value is -3.05. The van der Waals surface area contributed by atoms with Gasteiger partial charge in [-0.3, -0.25) is 4.79 Å². The maximum atomic E-state index is 13.2. The van der Waals surface area contributed by atoms with Crippen LogP contribution in [0.15, 0.2) is 66.7 Å². The predicted octanol–water partition coefficient (Wildman–Crippen LogP) is 5.00. The van der Waals surface area contributed by atoms with Crippen LogP contribution in [-0.4, -0.2) is 19.6 Å². The van der Waals surface area contributed by atoms with Gasteiger partial charge in [-0.15, -0.1) is 0 Å².